The lowest BCUT2D eigenvalue weighted by Crippen LogP contribution is -2.42. The van der Waals surface area contributed by atoms with Crippen LogP contribution in [0, 0.1) is 0 Å². The summed E-state index contributed by atoms with van der Waals surface area (Å²) in [5.41, 5.74) is 2.25. The van der Waals surface area contributed by atoms with E-state index in [9.17, 15) is 4.79 Å². The minimum Gasteiger partial charge on any atom is -0.497 e. The third kappa shape index (κ3) is 4.08. The maximum absolute atomic E-state index is 12.5. The smallest absolute Gasteiger partial charge is 0.243 e. The molecule has 0 saturated carbocycles. The molecule has 0 aliphatic carbocycles. The van der Waals surface area contributed by atoms with E-state index in [1.165, 1.54) is 0 Å². The SMILES string of the molecule is COc1ccc(-c2nc3c4cccc(Br)c4nc(N[C@@H]4CNCCNC4=O)n3n2)cc1.Cl. The summed E-state index contributed by atoms with van der Waals surface area (Å²) in [6.45, 7) is 1.80. The fraction of sp³-hybridized carbons (Fsp3) is 0.238. The van der Waals surface area contributed by atoms with Gasteiger partial charge in [0, 0.05) is 35.1 Å². The second kappa shape index (κ2) is 9.27. The van der Waals surface area contributed by atoms with Gasteiger partial charge in [-0.15, -0.1) is 17.5 Å². The van der Waals surface area contributed by atoms with Crippen molar-refractivity contribution < 1.29 is 9.53 Å². The van der Waals surface area contributed by atoms with E-state index >= 15 is 0 Å². The molecule has 5 rings (SSSR count). The van der Waals surface area contributed by atoms with Gasteiger partial charge in [0.2, 0.25) is 11.9 Å². The molecule has 1 fully saturated rings. The highest BCUT2D eigenvalue weighted by atomic mass is 79.9. The molecule has 3 N–H and O–H groups in total. The van der Waals surface area contributed by atoms with Crippen molar-refractivity contribution in [3.63, 3.8) is 0 Å². The van der Waals surface area contributed by atoms with Gasteiger partial charge in [-0.2, -0.15) is 4.52 Å². The molecule has 1 aliphatic rings. The first kappa shape index (κ1) is 22.3. The van der Waals surface area contributed by atoms with Gasteiger partial charge in [-0.05, 0) is 52.3 Å². The summed E-state index contributed by atoms with van der Waals surface area (Å²) in [4.78, 5) is 22.0. The zero-order valence-electron chi connectivity index (χ0n) is 17.1. The van der Waals surface area contributed by atoms with Crippen molar-refractivity contribution in [1.29, 1.82) is 0 Å². The zero-order chi connectivity index (χ0) is 21.4. The van der Waals surface area contributed by atoms with E-state index in [0.29, 0.717) is 30.5 Å². The maximum Gasteiger partial charge on any atom is 0.243 e. The predicted octanol–water partition coefficient (Wildman–Crippen LogP) is 2.64. The van der Waals surface area contributed by atoms with Crippen LogP contribution in [0.25, 0.3) is 27.9 Å². The first-order chi connectivity index (χ1) is 15.1. The Labute approximate surface area is 198 Å². The number of hydrogen-bond acceptors (Lipinski definition) is 7. The van der Waals surface area contributed by atoms with Gasteiger partial charge in [-0.25, -0.2) is 9.97 Å². The number of methoxy groups -OCH3 is 1. The Balaban J connectivity index is 0.00000245. The molecule has 9 nitrogen and oxygen atoms in total. The Morgan fingerprint density at radius 3 is 2.75 bits per heavy atom. The van der Waals surface area contributed by atoms with Crippen molar-refractivity contribution in [1.82, 2.24) is 30.2 Å². The average molecular weight is 519 g/mol. The van der Waals surface area contributed by atoms with Crippen LogP contribution in [-0.2, 0) is 4.79 Å². The van der Waals surface area contributed by atoms with Crippen LogP contribution in [0.15, 0.2) is 46.9 Å². The second-order valence-corrected chi connectivity index (χ2v) is 8.02. The van der Waals surface area contributed by atoms with Crippen molar-refractivity contribution in [2.45, 2.75) is 6.04 Å². The van der Waals surface area contributed by atoms with Crippen LogP contribution in [0.5, 0.6) is 5.75 Å². The summed E-state index contributed by atoms with van der Waals surface area (Å²) < 4.78 is 7.74. The molecule has 1 aliphatic heterocycles. The zero-order valence-corrected chi connectivity index (χ0v) is 19.5. The molecule has 2 aromatic carbocycles. The average Bonchev–Trinajstić information content (AvgIpc) is 3.15. The number of carbonyl (C=O) groups is 1. The highest BCUT2D eigenvalue weighted by molar-refractivity contribution is 9.10. The molecular weight excluding hydrogens is 498 g/mol. The van der Waals surface area contributed by atoms with Crippen LogP contribution in [0.2, 0.25) is 0 Å². The minimum atomic E-state index is -0.480. The number of amides is 1. The van der Waals surface area contributed by atoms with E-state index in [1.807, 2.05) is 42.5 Å². The summed E-state index contributed by atoms with van der Waals surface area (Å²) in [7, 11) is 1.63. The van der Waals surface area contributed by atoms with E-state index in [0.717, 1.165) is 33.2 Å². The number of nitrogens with one attached hydrogen (secondary N) is 3. The number of rotatable bonds is 4. The van der Waals surface area contributed by atoms with Gasteiger partial charge in [0.05, 0.1) is 12.6 Å². The number of para-hydroxylation sites is 1. The Morgan fingerprint density at radius 2 is 1.97 bits per heavy atom. The highest BCUT2D eigenvalue weighted by Gasteiger charge is 2.23. The molecule has 166 valence electrons. The molecule has 0 bridgehead atoms. The van der Waals surface area contributed by atoms with Crippen LogP contribution < -0.4 is 20.7 Å². The Hall–Kier alpha value is -2.95. The largest absolute Gasteiger partial charge is 0.497 e. The lowest BCUT2D eigenvalue weighted by atomic mass is 10.2. The molecule has 3 heterocycles. The molecular formula is C21H21BrClN7O2. The van der Waals surface area contributed by atoms with Crippen molar-refractivity contribution in [3.8, 4) is 17.1 Å². The van der Waals surface area contributed by atoms with Gasteiger partial charge in [-0.1, -0.05) is 6.07 Å². The molecule has 1 amide bonds. The Kier molecular flexibility index (Phi) is 6.45. The molecule has 1 atom stereocenters. The van der Waals surface area contributed by atoms with E-state index < -0.39 is 6.04 Å². The summed E-state index contributed by atoms with van der Waals surface area (Å²) in [6.07, 6.45) is 0. The quantitative estimate of drug-likeness (QED) is 0.381. The Bertz CT molecular complexity index is 1280. The first-order valence-electron chi connectivity index (χ1n) is 9.88. The number of nitrogens with zero attached hydrogens (tertiary/aromatic N) is 4. The third-order valence-electron chi connectivity index (χ3n) is 5.17. The van der Waals surface area contributed by atoms with Crippen molar-refractivity contribution in [2.75, 3.05) is 32.1 Å². The monoisotopic (exact) mass is 517 g/mol. The number of hydrogen-bond donors (Lipinski definition) is 3. The van der Waals surface area contributed by atoms with E-state index in [4.69, 9.17) is 19.8 Å². The topological polar surface area (TPSA) is 105 Å². The summed E-state index contributed by atoms with van der Waals surface area (Å²) in [5, 5.41) is 15.0. The van der Waals surface area contributed by atoms with Gasteiger partial charge >= 0.3 is 0 Å². The van der Waals surface area contributed by atoms with Crippen molar-refractivity contribution in [3.05, 3.63) is 46.9 Å². The van der Waals surface area contributed by atoms with Gasteiger partial charge in [0.15, 0.2) is 11.5 Å². The van der Waals surface area contributed by atoms with Gasteiger partial charge in [0.1, 0.15) is 11.8 Å². The third-order valence-corrected chi connectivity index (χ3v) is 5.81. The second-order valence-electron chi connectivity index (χ2n) is 7.16. The number of fused-ring (bicyclic) bond motifs is 3. The number of benzene rings is 2. The first-order valence-corrected chi connectivity index (χ1v) is 10.7. The van der Waals surface area contributed by atoms with Crippen molar-refractivity contribution >= 4 is 56.7 Å². The number of ether oxygens (including phenoxy) is 1. The van der Waals surface area contributed by atoms with Crippen LogP contribution in [0.3, 0.4) is 0 Å². The number of aromatic nitrogens is 4. The van der Waals surface area contributed by atoms with Gasteiger partial charge in [-0.3, -0.25) is 4.79 Å². The van der Waals surface area contributed by atoms with Crippen molar-refractivity contribution in [2.24, 2.45) is 0 Å². The number of anilines is 1. The molecule has 2 aromatic heterocycles. The molecule has 1 saturated heterocycles. The summed E-state index contributed by atoms with van der Waals surface area (Å²) in [5.74, 6) is 1.69. The Morgan fingerprint density at radius 1 is 1.16 bits per heavy atom. The van der Waals surface area contributed by atoms with Crippen LogP contribution in [0.4, 0.5) is 5.95 Å². The van der Waals surface area contributed by atoms with Gasteiger partial charge in [0.25, 0.3) is 0 Å². The lowest BCUT2D eigenvalue weighted by Gasteiger charge is -2.17. The molecule has 32 heavy (non-hydrogen) atoms. The highest BCUT2D eigenvalue weighted by Crippen LogP contribution is 2.29. The maximum atomic E-state index is 12.5. The molecule has 4 aromatic rings. The molecule has 11 heteroatoms. The molecule has 0 radical (unpaired) electrons. The van der Waals surface area contributed by atoms with Crippen LogP contribution >= 0.6 is 28.3 Å². The lowest BCUT2D eigenvalue weighted by molar-refractivity contribution is -0.121. The van der Waals surface area contributed by atoms with Crippen LogP contribution in [-0.4, -0.2) is 58.3 Å². The van der Waals surface area contributed by atoms with Crippen LogP contribution in [0.1, 0.15) is 0 Å². The number of halogens is 2. The predicted molar refractivity (Wildman–Crippen MR) is 129 cm³/mol. The summed E-state index contributed by atoms with van der Waals surface area (Å²) in [6, 6.07) is 12.9. The van der Waals surface area contributed by atoms with E-state index in [-0.39, 0.29) is 18.3 Å². The normalized spacial score (nSPS) is 16.3. The van der Waals surface area contributed by atoms with E-state index in [2.05, 4.69) is 31.9 Å². The minimum absolute atomic E-state index is 0. The fourth-order valence-electron chi connectivity index (χ4n) is 3.56. The molecule has 0 spiro atoms. The summed E-state index contributed by atoms with van der Waals surface area (Å²) >= 11 is 3.58. The number of carbonyl (C=O) groups excluding carboxylic acids is 1. The fourth-order valence-corrected chi connectivity index (χ4v) is 4.02. The van der Waals surface area contributed by atoms with E-state index in [1.54, 1.807) is 11.6 Å². The van der Waals surface area contributed by atoms with Gasteiger partial charge < -0.3 is 20.7 Å². The molecule has 0 unspecified atom stereocenters. The standard InChI is InChI=1S/C21H20BrN7O2.ClH/c1-31-13-7-5-12(6-8-13)18-27-19-14-3-2-4-15(22)17(14)26-21(29(19)28-18)25-16-11-23-9-10-24-20(16)30;/h2-8,16,23H,9-11H2,1H3,(H,24,30)(H,25,26);1H/t16-;/m1./s1.